The van der Waals surface area contributed by atoms with Gasteiger partial charge in [0.05, 0.1) is 11.6 Å². The van der Waals surface area contributed by atoms with Crippen molar-refractivity contribution in [1.29, 1.82) is 5.26 Å². The topological polar surface area (TPSA) is 44.1 Å². The van der Waals surface area contributed by atoms with E-state index < -0.39 is 5.54 Å². The van der Waals surface area contributed by atoms with Crippen molar-refractivity contribution in [3.8, 4) is 6.07 Å². The summed E-state index contributed by atoms with van der Waals surface area (Å²) in [6, 6.07) is 10.1. The predicted octanol–water partition coefficient (Wildman–Crippen LogP) is 3.99. The maximum atomic E-state index is 13.1. The van der Waals surface area contributed by atoms with Crippen LogP contribution in [0.1, 0.15) is 43.5 Å². The standard InChI is InChI=1S/C18H19BrN2O/c1-16-11-21(15(22)13-5-3-4-6-14(13)19)18(10-20)9-12(16)7-8-17(16,18)2/h3-6,12H,7-9,11H2,1-2H3/t12-,16-,17-,18-/m0/s1. The zero-order valence-electron chi connectivity index (χ0n) is 12.9. The molecule has 4 bridgehead atoms. The van der Waals surface area contributed by atoms with Crippen molar-refractivity contribution in [3.63, 3.8) is 0 Å². The van der Waals surface area contributed by atoms with Crippen LogP contribution in [0.3, 0.4) is 0 Å². The Morgan fingerprint density at radius 2 is 2.14 bits per heavy atom. The van der Waals surface area contributed by atoms with Crippen molar-refractivity contribution in [2.45, 2.75) is 38.6 Å². The monoisotopic (exact) mass is 358 g/mol. The van der Waals surface area contributed by atoms with Crippen molar-refractivity contribution in [3.05, 3.63) is 34.3 Å². The van der Waals surface area contributed by atoms with Gasteiger partial charge in [0.25, 0.3) is 5.91 Å². The number of carbonyl (C=O) groups is 1. The van der Waals surface area contributed by atoms with E-state index in [1.807, 2.05) is 29.2 Å². The maximum Gasteiger partial charge on any atom is 0.256 e. The van der Waals surface area contributed by atoms with Crippen molar-refractivity contribution in [2.24, 2.45) is 16.7 Å². The van der Waals surface area contributed by atoms with Crippen LogP contribution in [0.15, 0.2) is 28.7 Å². The second kappa shape index (κ2) is 4.14. The van der Waals surface area contributed by atoms with Crippen LogP contribution in [0.4, 0.5) is 0 Å². The lowest BCUT2D eigenvalue weighted by Gasteiger charge is -2.43. The van der Waals surface area contributed by atoms with Gasteiger partial charge in [-0.2, -0.15) is 5.26 Å². The number of benzene rings is 1. The van der Waals surface area contributed by atoms with Gasteiger partial charge < -0.3 is 4.90 Å². The average Bonchev–Trinajstić information content (AvgIpc) is 2.96. The highest BCUT2D eigenvalue weighted by Crippen LogP contribution is 2.75. The molecule has 1 amide bonds. The van der Waals surface area contributed by atoms with E-state index in [2.05, 4.69) is 35.8 Å². The van der Waals surface area contributed by atoms with Gasteiger partial charge in [-0.3, -0.25) is 4.79 Å². The van der Waals surface area contributed by atoms with E-state index in [1.165, 1.54) is 6.42 Å². The predicted molar refractivity (Wildman–Crippen MR) is 87.1 cm³/mol. The Labute approximate surface area is 139 Å². The molecule has 3 nitrogen and oxygen atoms in total. The van der Waals surface area contributed by atoms with Gasteiger partial charge in [0, 0.05) is 16.4 Å². The quantitative estimate of drug-likeness (QED) is 0.761. The van der Waals surface area contributed by atoms with Gasteiger partial charge in [-0.1, -0.05) is 26.0 Å². The fourth-order valence-electron chi connectivity index (χ4n) is 5.54. The highest BCUT2D eigenvalue weighted by Gasteiger charge is 2.78. The summed E-state index contributed by atoms with van der Waals surface area (Å²) < 4.78 is 0.802. The minimum Gasteiger partial charge on any atom is -0.319 e. The third-order valence-electron chi connectivity index (χ3n) is 7.09. The number of carbonyl (C=O) groups excluding carboxylic acids is 1. The summed E-state index contributed by atoms with van der Waals surface area (Å²) in [6.07, 6.45) is 3.10. The number of hydrogen-bond donors (Lipinski definition) is 0. The second-order valence-corrected chi connectivity index (χ2v) is 8.39. The molecule has 0 unspecified atom stereocenters. The van der Waals surface area contributed by atoms with Crippen LogP contribution in [0, 0.1) is 28.1 Å². The highest BCUT2D eigenvalue weighted by atomic mass is 79.9. The molecule has 1 saturated heterocycles. The first-order valence-corrected chi connectivity index (χ1v) is 8.67. The van der Waals surface area contributed by atoms with E-state index >= 15 is 0 Å². The number of rotatable bonds is 1. The van der Waals surface area contributed by atoms with Crippen molar-refractivity contribution < 1.29 is 4.79 Å². The Balaban J connectivity index is 1.82. The summed E-state index contributed by atoms with van der Waals surface area (Å²) in [4.78, 5) is 15.0. The first-order chi connectivity index (χ1) is 10.4. The van der Waals surface area contributed by atoms with Gasteiger partial charge in [0.2, 0.25) is 0 Å². The molecular weight excluding hydrogens is 340 g/mol. The minimum atomic E-state index is -0.628. The van der Waals surface area contributed by atoms with Crippen LogP contribution in [-0.4, -0.2) is 22.9 Å². The molecule has 1 heterocycles. The normalized spacial score (nSPS) is 41.7. The van der Waals surface area contributed by atoms with Gasteiger partial charge in [-0.05, 0) is 58.7 Å². The first kappa shape index (κ1) is 14.3. The molecule has 1 aromatic carbocycles. The van der Waals surface area contributed by atoms with Crippen molar-refractivity contribution >= 4 is 21.8 Å². The minimum absolute atomic E-state index is 0.00988. The molecule has 114 valence electrons. The SMILES string of the molecule is C[C@@]12CC[C@H]3C[C@@]1(C#N)N(C(=O)c1ccccc1Br)C[C@@]32C. The summed E-state index contributed by atoms with van der Waals surface area (Å²) in [7, 11) is 0. The molecule has 4 heteroatoms. The number of halogens is 1. The molecule has 22 heavy (non-hydrogen) atoms. The van der Waals surface area contributed by atoms with E-state index in [1.54, 1.807) is 0 Å². The fourth-order valence-corrected chi connectivity index (χ4v) is 5.99. The van der Waals surface area contributed by atoms with Gasteiger partial charge >= 0.3 is 0 Å². The fraction of sp³-hybridized carbons (Fsp3) is 0.556. The van der Waals surface area contributed by atoms with Crippen LogP contribution in [0.25, 0.3) is 0 Å². The van der Waals surface area contributed by atoms with E-state index in [0.717, 1.165) is 17.3 Å². The van der Waals surface area contributed by atoms with Crippen LogP contribution < -0.4 is 0 Å². The highest BCUT2D eigenvalue weighted by molar-refractivity contribution is 9.10. The zero-order valence-corrected chi connectivity index (χ0v) is 14.5. The average molecular weight is 359 g/mol. The molecular formula is C18H19BrN2O. The Morgan fingerprint density at radius 3 is 2.77 bits per heavy atom. The van der Waals surface area contributed by atoms with Gasteiger partial charge in [0.1, 0.15) is 5.54 Å². The zero-order chi connectivity index (χ0) is 15.8. The first-order valence-electron chi connectivity index (χ1n) is 7.87. The van der Waals surface area contributed by atoms with Gasteiger partial charge in [-0.25, -0.2) is 0 Å². The van der Waals surface area contributed by atoms with E-state index in [0.29, 0.717) is 18.0 Å². The van der Waals surface area contributed by atoms with Crippen LogP contribution >= 0.6 is 15.9 Å². The summed E-state index contributed by atoms with van der Waals surface area (Å²) in [5.41, 5.74) is 0.0419. The Hall–Kier alpha value is -1.34. The van der Waals surface area contributed by atoms with E-state index in [4.69, 9.17) is 0 Å². The lowest BCUT2D eigenvalue weighted by Crippen LogP contribution is -2.54. The molecule has 4 rings (SSSR count). The summed E-state index contributed by atoms with van der Waals surface area (Å²) in [6.45, 7) is 5.23. The summed E-state index contributed by atoms with van der Waals surface area (Å²) in [5, 5.41) is 10.0. The molecule has 3 fully saturated rings. The van der Waals surface area contributed by atoms with Crippen LogP contribution in [0.5, 0.6) is 0 Å². The Bertz CT molecular complexity index is 726. The molecule has 1 aliphatic heterocycles. The lowest BCUT2D eigenvalue weighted by molar-refractivity contribution is 0.0429. The number of piperidine rings is 1. The van der Waals surface area contributed by atoms with Crippen molar-refractivity contribution in [1.82, 2.24) is 4.90 Å². The Kier molecular flexibility index (Phi) is 2.68. The molecule has 0 aromatic heterocycles. The number of hydrogen-bond acceptors (Lipinski definition) is 2. The molecule has 3 aliphatic rings. The third-order valence-corrected chi connectivity index (χ3v) is 7.78. The number of likely N-dealkylation sites (tertiary alicyclic amines) is 1. The molecule has 0 radical (unpaired) electrons. The number of nitriles is 1. The largest absolute Gasteiger partial charge is 0.319 e. The number of nitrogens with zero attached hydrogens (tertiary/aromatic N) is 2. The number of amides is 1. The molecule has 0 N–H and O–H groups in total. The van der Waals surface area contributed by atoms with E-state index in [9.17, 15) is 10.1 Å². The van der Waals surface area contributed by atoms with E-state index in [-0.39, 0.29) is 16.7 Å². The Morgan fingerprint density at radius 1 is 1.41 bits per heavy atom. The molecule has 2 aliphatic carbocycles. The molecule has 2 saturated carbocycles. The van der Waals surface area contributed by atoms with Crippen LogP contribution in [0.2, 0.25) is 0 Å². The van der Waals surface area contributed by atoms with Gasteiger partial charge in [0.15, 0.2) is 0 Å². The summed E-state index contributed by atoms with van der Waals surface area (Å²) >= 11 is 3.47. The van der Waals surface area contributed by atoms with Crippen LogP contribution in [-0.2, 0) is 0 Å². The molecule has 0 spiro atoms. The maximum absolute atomic E-state index is 13.1. The molecule has 4 atom stereocenters. The van der Waals surface area contributed by atoms with Gasteiger partial charge in [-0.15, -0.1) is 0 Å². The lowest BCUT2D eigenvalue weighted by atomic mass is 9.66. The molecule has 1 aromatic rings. The summed E-state index contributed by atoms with van der Waals surface area (Å²) in [5.74, 6) is 0.574. The smallest absolute Gasteiger partial charge is 0.256 e. The third kappa shape index (κ3) is 1.31. The van der Waals surface area contributed by atoms with Crippen molar-refractivity contribution in [2.75, 3.05) is 6.54 Å². The second-order valence-electron chi connectivity index (χ2n) is 7.53.